The van der Waals surface area contributed by atoms with E-state index in [9.17, 15) is 0 Å². The molecule has 4 heteroatoms. The van der Waals surface area contributed by atoms with Crippen molar-refractivity contribution in [3.63, 3.8) is 0 Å². The lowest BCUT2D eigenvalue weighted by Crippen LogP contribution is -2.21. The van der Waals surface area contributed by atoms with E-state index < -0.39 is 0 Å². The number of anilines is 1. The highest BCUT2D eigenvalue weighted by Crippen LogP contribution is 2.23. The Morgan fingerprint density at radius 2 is 1.88 bits per heavy atom. The van der Waals surface area contributed by atoms with Gasteiger partial charge in [0.1, 0.15) is 11.5 Å². The number of benzene rings is 1. The molecule has 1 heterocycles. The van der Waals surface area contributed by atoms with Crippen molar-refractivity contribution in [2.45, 2.75) is 20.8 Å². The highest BCUT2D eigenvalue weighted by molar-refractivity contribution is 5.59. The van der Waals surface area contributed by atoms with Crippen LogP contribution in [0.2, 0.25) is 0 Å². The van der Waals surface area contributed by atoms with E-state index in [1.54, 1.807) is 19.1 Å². The minimum atomic E-state index is 0.0668. The summed E-state index contributed by atoms with van der Waals surface area (Å²) in [4.78, 5) is 5.55. The summed E-state index contributed by atoms with van der Waals surface area (Å²) in [7, 11) is 0. The molecule has 126 valence electrons. The molecule has 0 spiro atoms. The Balaban J connectivity index is 2.21. The Morgan fingerprint density at radius 1 is 1.20 bits per heavy atom. The first kappa shape index (κ1) is 18.1. The molecule has 0 fully saturated rings. The van der Waals surface area contributed by atoms with Gasteiger partial charge in [0, 0.05) is 18.8 Å². The summed E-state index contributed by atoms with van der Waals surface area (Å²) in [6.07, 6.45) is 7.22. The molecule has 0 radical (unpaired) electrons. The standard InChI is InChI=1S/C21H21N3O/c1-5-24(6-2)19-10-7-17(8-11-19)9-12-20-14-18(13-16(3)25-20)21(15-22)23-4/h7-14H,5-6H2,1-3H3/b12-9?,21-18-. The smallest absolute Gasteiger partial charge is 0.269 e. The second-order valence-corrected chi connectivity index (χ2v) is 5.53. The second-order valence-electron chi connectivity index (χ2n) is 5.53. The summed E-state index contributed by atoms with van der Waals surface area (Å²) in [5, 5.41) is 9.03. The maximum Gasteiger partial charge on any atom is 0.269 e. The Bertz CT molecular complexity index is 807. The number of hydrogen-bond acceptors (Lipinski definition) is 3. The predicted molar refractivity (Wildman–Crippen MR) is 101 cm³/mol. The summed E-state index contributed by atoms with van der Waals surface area (Å²) in [6, 6.07) is 10.2. The molecule has 1 aliphatic heterocycles. The minimum absolute atomic E-state index is 0.0668. The lowest BCUT2D eigenvalue weighted by atomic mass is 10.1. The lowest BCUT2D eigenvalue weighted by molar-refractivity contribution is 0.318. The number of ether oxygens (including phenoxy) is 1. The van der Waals surface area contributed by atoms with Gasteiger partial charge in [-0.1, -0.05) is 18.2 Å². The van der Waals surface area contributed by atoms with Gasteiger partial charge in [-0.3, -0.25) is 0 Å². The van der Waals surface area contributed by atoms with Crippen molar-refractivity contribution >= 4 is 11.8 Å². The SMILES string of the molecule is [C-]#[N+]/C(C#N)=C1/C=C(C)OC(C=Cc2ccc(N(CC)CC)cc2)=C1. The van der Waals surface area contributed by atoms with Gasteiger partial charge >= 0.3 is 0 Å². The molecular formula is C21H21N3O. The van der Waals surface area contributed by atoms with Crippen LogP contribution in [0.3, 0.4) is 0 Å². The summed E-state index contributed by atoms with van der Waals surface area (Å²) < 4.78 is 5.65. The lowest BCUT2D eigenvalue weighted by Gasteiger charge is -2.20. The van der Waals surface area contributed by atoms with Crippen molar-refractivity contribution in [3.05, 3.63) is 82.3 Å². The van der Waals surface area contributed by atoms with Crippen LogP contribution in [0.15, 0.2) is 65.3 Å². The molecule has 0 bridgehead atoms. The first-order valence-corrected chi connectivity index (χ1v) is 8.24. The zero-order chi connectivity index (χ0) is 18.2. The molecule has 25 heavy (non-hydrogen) atoms. The van der Waals surface area contributed by atoms with E-state index in [1.165, 1.54) is 5.69 Å². The second kappa shape index (κ2) is 8.57. The van der Waals surface area contributed by atoms with Crippen LogP contribution in [0.1, 0.15) is 26.3 Å². The Morgan fingerprint density at radius 3 is 2.44 bits per heavy atom. The molecule has 0 saturated heterocycles. The maximum absolute atomic E-state index is 9.03. The summed E-state index contributed by atoms with van der Waals surface area (Å²) in [5.41, 5.74) is 2.91. The van der Waals surface area contributed by atoms with Crippen molar-refractivity contribution in [1.82, 2.24) is 0 Å². The van der Waals surface area contributed by atoms with Gasteiger partial charge in [-0.2, -0.15) is 0 Å². The van der Waals surface area contributed by atoms with Crippen molar-refractivity contribution < 1.29 is 4.74 Å². The van der Waals surface area contributed by atoms with Crippen molar-refractivity contribution in [2.75, 3.05) is 18.0 Å². The number of nitrogens with zero attached hydrogens (tertiary/aromatic N) is 3. The minimum Gasteiger partial charge on any atom is -0.462 e. The average Bonchev–Trinajstić information content (AvgIpc) is 2.63. The zero-order valence-corrected chi connectivity index (χ0v) is 14.8. The van der Waals surface area contributed by atoms with Crippen LogP contribution >= 0.6 is 0 Å². The van der Waals surface area contributed by atoms with Crippen LogP contribution in [-0.4, -0.2) is 13.1 Å². The van der Waals surface area contributed by atoms with E-state index in [-0.39, 0.29) is 5.70 Å². The fourth-order valence-electron chi connectivity index (χ4n) is 2.60. The highest BCUT2D eigenvalue weighted by atomic mass is 16.5. The molecule has 0 unspecified atom stereocenters. The van der Waals surface area contributed by atoms with Gasteiger partial charge in [-0.25, -0.2) is 10.1 Å². The largest absolute Gasteiger partial charge is 0.462 e. The summed E-state index contributed by atoms with van der Waals surface area (Å²) in [6.45, 7) is 15.1. The fourth-order valence-corrected chi connectivity index (χ4v) is 2.60. The van der Waals surface area contributed by atoms with E-state index in [2.05, 4.69) is 47.9 Å². The molecule has 0 amide bonds. The molecule has 0 aliphatic carbocycles. The molecule has 0 saturated carbocycles. The van der Waals surface area contributed by atoms with Crippen LogP contribution in [-0.2, 0) is 4.74 Å². The van der Waals surface area contributed by atoms with E-state index in [0.29, 0.717) is 17.1 Å². The molecule has 1 aromatic rings. The third kappa shape index (κ3) is 4.62. The topological polar surface area (TPSA) is 40.6 Å². The number of allylic oxidation sites excluding steroid dienone is 6. The number of hydrogen-bond donors (Lipinski definition) is 0. The molecule has 2 rings (SSSR count). The zero-order valence-electron chi connectivity index (χ0n) is 14.8. The first-order chi connectivity index (χ1) is 12.1. The van der Waals surface area contributed by atoms with Gasteiger partial charge in [0.2, 0.25) is 0 Å². The van der Waals surface area contributed by atoms with E-state index >= 15 is 0 Å². The van der Waals surface area contributed by atoms with Gasteiger partial charge in [-0.15, -0.1) is 0 Å². The van der Waals surface area contributed by atoms with Crippen LogP contribution in [0.25, 0.3) is 10.9 Å². The highest BCUT2D eigenvalue weighted by Gasteiger charge is 2.10. The third-order valence-electron chi connectivity index (χ3n) is 3.89. The van der Waals surface area contributed by atoms with Gasteiger partial charge < -0.3 is 9.64 Å². The normalized spacial score (nSPS) is 15.6. The Labute approximate surface area is 149 Å². The van der Waals surface area contributed by atoms with Gasteiger partial charge in [0.25, 0.3) is 5.70 Å². The van der Waals surface area contributed by atoms with Crippen molar-refractivity contribution in [1.29, 1.82) is 5.26 Å². The van der Waals surface area contributed by atoms with E-state index in [4.69, 9.17) is 16.6 Å². The van der Waals surface area contributed by atoms with E-state index in [0.717, 1.165) is 18.7 Å². The average molecular weight is 331 g/mol. The van der Waals surface area contributed by atoms with Crippen molar-refractivity contribution in [2.24, 2.45) is 0 Å². The third-order valence-corrected chi connectivity index (χ3v) is 3.89. The molecule has 1 aromatic carbocycles. The fraction of sp³-hybridized carbons (Fsp3) is 0.238. The quantitative estimate of drug-likeness (QED) is 0.559. The van der Waals surface area contributed by atoms with Crippen LogP contribution in [0, 0.1) is 17.9 Å². The molecular weight excluding hydrogens is 310 g/mol. The molecule has 1 aliphatic rings. The summed E-state index contributed by atoms with van der Waals surface area (Å²) in [5.74, 6) is 1.27. The van der Waals surface area contributed by atoms with Gasteiger partial charge in [0.05, 0.1) is 12.6 Å². The Hall–Kier alpha value is -3.24. The van der Waals surface area contributed by atoms with Crippen LogP contribution < -0.4 is 4.90 Å². The Kier molecular flexibility index (Phi) is 6.20. The van der Waals surface area contributed by atoms with Crippen LogP contribution in [0.5, 0.6) is 0 Å². The van der Waals surface area contributed by atoms with Crippen molar-refractivity contribution in [3.8, 4) is 6.07 Å². The van der Waals surface area contributed by atoms with E-state index in [1.807, 2.05) is 18.2 Å². The van der Waals surface area contributed by atoms with Gasteiger partial charge in [-0.05, 0) is 62.3 Å². The molecule has 0 atom stereocenters. The van der Waals surface area contributed by atoms with Crippen LogP contribution in [0.4, 0.5) is 5.69 Å². The molecule has 4 nitrogen and oxygen atoms in total. The molecule has 0 aromatic heterocycles. The predicted octanol–water partition coefficient (Wildman–Crippen LogP) is 5.06. The first-order valence-electron chi connectivity index (χ1n) is 8.24. The molecule has 0 N–H and O–H groups in total. The number of rotatable bonds is 5. The van der Waals surface area contributed by atoms with Gasteiger partial charge in [0.15, 0.2) is 0 Å². The summed E-state index contributed by atoms with van der Waals surface area (Å²) >= 11 is 0. The maximum atomic E-state index is 9.03. The number of nitriles is 1. The monoisotopic (exact) mass is 331 g/mol.